The Morgan fingerprint density at radius 3 is 2.17 bits per heavy atom. The van der Waals surface area contributed by atoms with Crippen LogP contribution < -0.4 is 0 Å². The van der Waals surface area contributed by atoms with Gasteiger partial charge in [0.25, 0.3) is 0 Å². The van der Waals surface area contributed by atoms with Crippen LogP contribution in [0.15, 0.2) is 0 Å². The van der Waals surface area contributed by atoms with E-state index in [-0.39, 0.29) is 77.1 Å². The Bertz CT molecular complexity index is 641. The molecule has 10 atom stereocenters. The predicted molar refractivity (Wildman–Crippen MR) is 73.3 cm³/mol. The molecule has 5 rings (SSSR count). The van der Waals surface area contributed by atoms with E-state index in [4.69, 9.17) is 9.47 Å². The summed E-state index contributed by atoms with van der Waals surface area (Å²) < 4.78 is 9.80. The van der Waals surface area contributed by atoms with Gasteiger partial charge in [0.1, 0.15) is 6.29 Å². The lowest BCUT2D eigenvalue weighted by Crippen LogP contribution is -2.46. The summed E-state index contributed by atoms with van der Waals surface area (Å²) in [6, 6.07) is 0. The first kappa shape index (κ1) is 13.7. The zero-order valence-electron chi connectivity index (χ0n) is 12.7. The highest BCUT2D eigenvalue weighted by molar-refractivity contribution is 5.97. The molecule has 0 amide bonds. The zero-order valence-corrected chi connectivity index (χ0v) is 12.7. The Balaban J connectivity index is 1.54. The van der Waals surface area contributed by atoms with Gasteiger partial charge in [-0.1, -0.05) is 0 Å². The summed E-state index contributed by atoms with van der Waals surface area (Å²) in [5.41, 5.74) is 0. The van der Waals surface area contributed by atoms with Gasteiger partial charge in [0, 0.05) is 5.92 Å². The predicted octanol–water partition coefficient (Wildman–Crippen LogP) is 0.438. The van der Waals surface area contributed by atoms with Gasteiger partial charge in [-0.15, -0.1) is 0 Å². The van der Waals surface area contributed by atoms with Crippen molar-refractivity contribution in [2.24, 2.45) is 59.2 Å². The maximum absolute atomic E-state index is 12.2. The Hall–Kier alpha value is -1.72. The molecule has 1 saturated heterocycles. The van der Waals surface area contributed by atoms with Crippen molar-refractivity contribution in [3.05, 3.63) is 0 Å². The highest BCUT2D eigenvalue weighted by Crippen LogP contribution is 2.73. The van der Waals surface area contributed by atoms with E-state index in [0.29, 0.717) is 0 Å². The number of ether oxygens (including phenoxy) is 2. The second kappa shape index (κ2) is 4.22. The molecule has 0 aromatic heterocycles. The Morgan fingerprint density at radius 2 is 1.61 bits per heavy atom. The van der Waals surface area contributed by atoms with E-state index in [0.717, 1.165) is 19.1 Å². The number of carbonyl (C=O) groups excluding carboxylic acids is 4. The summed E-state index contributed by atoms with van der Waals surface area (Å²) in [6.07, 6.45) is 2.61. The number of carbonyl (C=O) groups is 4. The average Bonchev–Trinajstić information content (AvgIpc) is 3.29. The molecule has 23 heavy (non-hydrogen) atoms. The number of fused-ring (bicyclic) bond motifs is 12. The molecule has 0 aromatic rings. The smallest absolute Gasteiger partial charge is 0.317 e. The first-order valence-corrected chi connectivity index (χ1v) is 8.37. The molecule has 0 aromatic carbocycles. The minimum Gasteiger partial charge on any atom is -0.469 e. The summed E-state index contributed by atoms with van der Waals surface area (Å²) in [5, 5.41) is 0. The van der Waals surface area contributed by atoms with Gasteiger partial charge in [-0.2, -0.15) is 0 Å². The minimum atomic E-state index is -0.380. The van der Waals surface area contributed by atoms with E-state index in [2.05, 4.69) is 0 Å². The molecule has 5 unspecified atom stereocenters. The fraction of sp³-hybridized carbons (Fsp3) is 0.765. The number of methoxy groups -OCH3 is 1. The maximum atomic E-state index is 12.2. The van der Waals surface area contributed by atoms with Gasteiger partial charge < -0.3 is 14.3 Å². The van der Waals surface area contributed by atoms with Crippen LogP contribution in [0.25, 0.3) is 0 Å². The molecule has 5 fully saturated rings. The van der Waals surface area contributed by atoms with Gasteiger partial charge in [-0.25, -0.2) is 0 Å². The lowest BCUT2D eigenvalue weighted by Gasteiger charge is -2.42. The van der Waals surface area contributed by atoms with Crippen molar-refractivity contribution < 1.29 is 28.7 Å². The largest absolute Gasteiger partial charge is 0.469 e. The van der Waals surface area contributed by atoms with Crippen LogP contribution in [0.2, 0.25) is 0 Å². The third-order valence-electron chi connectivity index (χ3n) is 7.57. The third kappa shape index (κ3) is 1.37. The van der Waals surface area contributed by atoms with E-state index >= 15 is 0 Å². The van der Waals surface area contributed by atoms with E-state index in [1.54, 1.807) is 0 Å². The van der Waals surface area contributed by atoms with Crippen molar-refractivity contribution in [2.45, 2.75) is 12.8 Å². The molecule has 5 aliphatic rings. The van der Waals surface area contributed by atoms with Crippen LogP contribution in [-0.4, -0.2) is 31.3 Å². The van der Waals surface area contributed by atoms with Crippen molar-refractivity contribution >= 4 is 24.2 Å². The molecule has 4 saturated carbocycles. The monoisotopic (exact) mass is 318 g/mol. The highest BCUT2D eigenvalue weighted by atomic mass is 16.6. The van der Waals surface area contributed by atoms with E-state index in [1.807, 2.05) is 0 Å². The van der Waals surface area contributed by atoms with Gasteiger partial charge in [-0.05, 0) is 48.3 Å². The molecule has 4 aliphatic carbocycles. The van der Waals surface area contributed by atoms with Crippen LogP contribution in [0.4, 0.5) is 0 Å². The molecule has 1 aliphatic heterocycles. The number of hydrogen-bond donors (Lipinski definition) is 0. The van der Waals surface area contributed by atoms with Crippen LogP contribution in [0.3, 0.4) is 0 Å². The van der Waals surface area contributed by atoms with Gasteiger partial charge >= 0.3 is 17.9 Å². The molecule has 0 N–H and O–H groups in total. The van der Waals surface area contributed by atoms with Crippen molar-refractivity contribution in [1.29, 1.82) is 0 Å². The molecule has 0 radical (unpaired) electrons. The van der Waals surface area contributed by atoms with Gasteiger partial charge in [-0.3, -0.25) is 14.4 Å². The number of rotatable bonds is 2. The Morgan fingerprint density at radius 1 is 1.04 bits per heavy atom. The molecule has 6 nitrogen and oxygen atoms in total. The van der Waals surface area contributed by atoms with Gasteiger partial charge in [0.2, 0.25) is 0 Å². The summed E-state index contributed by atoms with van der Waals surface area (Å²) in [7, 11) is 1.36. The summed E-state index contributed by atoms with van der Waals surface area (Å²) in [6.45, 7) is 0. The van der Waals surface area contributed by atoms with Crippen LogP contribution in [0, 0.1) is 59.2 Å². The quantitative estimate of drug-likeness (QED) is 0.318. The summed E-state index contributed by atoms with van der Waals surface area (Å²) in [5.74, 6) is -1.32. The van der Waals surface area contributed by atoms with Crippen LogP contribution in [-0.2, 0) is 28.7 Å². The number of aldehydes is 1. The molecule has 6 heteroatoms. The minimum absolute atomic E-state index is 0.104. The molecule has 0 spiro atoms. The molecule has 1 heterocycles. The second-order valence-electron chi connectivity index (χ2n) is 7.84. The first-order chi connectivity index (χ1) is 11.1. The van der Waals surface area contributed by atoms with Gasteiger partial charge in [0.05, 0.1) is 24.9 Å². The number of esters is 3. The van der Waals surface area contributed by atoms with Crippen LogP contribution in [0.1, 0.15) is 12.8 Å². The third-order valence-corrected chi connectivity index (χ3v) is 7.57. The first-order valence-electron chi connectivity index (χ1n) is 8.37. The van der Waals surface area contributed by atoms with E-state index in [1.165, 1.54) is 7.11 Å². The fourth-order valence-corrected chi connectivity index (χ4v) is 7.22. The Labute approximate surface area is 132 Å². The number of hydrogen-bond acceptors (Lipinski definition) is 6. The highest BCUT2D eigenvalue weighted by Gasteiger charge is 2.74. The second-order valence-corrected chi connectivity index (χ2v) is 7.84. The van der Waals surface area contributed by atoms with Crippen molar-refractivity contribution in [3.63, 3.8) is 0 Å². The lowest BCUT2D eigenvalue weighted by molar-refractivity contribution is -0.155. The molecular formula is C17H18O6. The fourth-order valence-electron chi connectivity index (χ4n) is 7.22. The topological polar surface area (TPSA) is 86.7 Å². The Kier molecular flexibility index (Phi) is 2.51. The van der Waals surface area contributed by atoms with Crippen molar-refractivity contribution in [2.75, 3.05) is 7.11 Å². The maximum Gasteiger partial charge on any atom is 0.317 e. The molecule has 122 valence electrons. The molecule has 4 bridgehead atoms. The lowest BCUT2D eigenvalue weighted by atomic mass is 9.59. The van der Waals surface area contributed by atoms with E-state index in [9.17, 15) is 19.2 Å². The van der Waals surface area contributed by atoms with Crippen LogP contribution in [0.5, 0.6) is 0 Å². The van der Waals surface area contributed by atoms with E-state index < -0.39 is 0 Å². The van der Waals surface area contributed by atoms with Crippen molar-refractivity contribution in [1.82, 2.24) is 0 Å². The summed E-state index contributed by atoms with van der Waals surface area (Å²) >= 11 is 0. The van der Waals surface area contributed by atoms with Crippen LogP contribution >= 0.6 is 0 Å². The van der Waals surface area contributed by atoms with Gasteiger partial charge in [0.15, 0.2) is 0 Å². The summed E-state index contributed by atoms with van der Waals surface area (Å²) in [4.78, 5) is 47.9. The number of cyclic esters (lactones) is 2. The SMILES string of the molecule is COC(=O)[C@@H]1C2C[C@@H](C3C2C2C[C@@H]3C3C(=O)OC(=O)[C@H]23)[C@@H]1C=O. The van der Waals surface area contributed by atoms with Crippen molar-refractivity contribution in [3.8, 4) is 0 Å². The average molecular weight is 318 g/mol. The standard InChI is InChI=1S/C17H18O6/c1-22-15(19)12-6-2-5(9(12)4-18)10-7-3-8(11(6)10)14-13(7)16(20)23-17(14)21/h4-14H,2-3H2,1H3/t5-,6?,7+,8?,9+,10?,11?,12-,13?,14-/m1/s1. The zero-order chi connectivity index (χ0) is 16.0. The normalized spacial score (nSPS) is 54.8. The molecular weight excluding hydrogens is 300 g/mol.